The number of hydrogen-bond donors (Lipinski definition) is 1. The number of benzene rings is 2. The van der Waals surface area contributed by atoms with E-state index in [0.29, 0.717) is 13.0 Å². The van der Waals surface area contributed by atoms with Gasteiger partial charge in [0.1, 0.15) is 0 Å². The molecule has 0 saturated carbocycles. The van der Waals surface area contributed by atoms with E-state index in [9.17, 15) is 9.59 Å². The van der Waals surface area contributed by atoms with Crippen LogP contribution in [0, 0.1) is 0 Å². The first-order valence-electron chi connectivity index (χ1n) is 10.4. The van der Waals surface area contributed by atoms with Crippen molar-refractivity contribution in [3.8, 4) is 0 Å². The molecule has 5 nitrogen and oxygen atoms in total. The van der Waals surface area contributed by atoms with Crippen molar-refractivity contribution in [1.29, 1.82) is 0 Å². The summed E-state index contributed by atoms with van der Waals surface area (Å²) in [6.07, 6.45) is 3.77. The van der Waals surface area contributed by atoms with Gasteiger partial charge in [-0.1, -0.05) is 30.3 Å². The summed E-state index contributed by atoms with van der Waals surface area (Å²) in [5.41, 5.74) is 2.44. The normalized spacial score (nSPS) is 16.8. The molecule has 1 fully saturated rings. The minimum absolute atomic E-state index is 0.0676. The van der Waals surface area contributed by atoms with E-state index in [1.165, 1.54) is 12.7 Å². The van der Waals surface area contributed by atoms with Crippen LogP contribution in [-0.4, -0.2) is 75.8 Å². The fourth-order valence-corrected chi connectivity index (χ4v) is 4.84. The fraction of sp³-hybridized carbons (Fsp3) is 0.417. The Morgan fingerprint density at radius 1 is 1.10 bits per heavy atom. The van der Waals surface area contributed by atoms with Crippen LogP contribution in [0.5, 0.6) is 0 Å². The number of amides is 1. The molecule has 2 aromatic rings. The Labute approximate surface area is 195 Å². The number of nitrogens with one attached hydrogen (secondary N) is 1. The molecule has 6 heteroatoms. The average molecular weight is 603 g/mol. The van der Waals surface area contributed by atoms with Crippen LogP contribution in [0.1, 0.15) is 33.9 Å². The number of rotatable bonds is 6. The summed E-state index contributed by atoms with van der Waals surface area (Å²) in [4.78, 5) is 26.2. The molecule has 0 spiro atoms. The van der Waals surface area contributed by atoms with Crippen molar-refractivity contribution in [2.75, 3.05) is 27.2 Å². The molecule has 159 valence electrons. The Hall–Kier alpha value is -1.74. The molecule has 30 heavy (non-hydrogen) atoms. The van der Waals surface area contributed by atoms with Crippen LogP contribution in [-0.2, 0) is 20.7 Å². The zero-order chi connectivity index (χ0) is 21.8. The summed E-state index contributed by atoms with van der Waals surface area (Å²) in [5.74, 6) is -0.224. The first kappa shape index (κ1) is 24.5. The second kappa shape index (κ2) is 13.5. The molecule has 1 aliphatic heterocycles. The van der Waals surface area contributed by atoms with Crippen LogP contribution in [0.4, 0.5) is 0 Å². The van der Waals surface area contributed by atoms with E-state index in [-0.39, 0.29) is 15.4 Å². The van der Waals surface area contributed by atoms with Gasteiger partial charge in [0.2, 0.25) is 0 Å². The maximum absolute atomic E-state index is 12.7. The number of likely N-dealkylation sites (tertiary alicyclic amines) is 1. The Kier molecular flexibility index (Phi) is 11.1. The first-order valence-corrected chi connectivity index (χ1v) is 12.7. The summed E-state index contributed by atoms with van der Waals surface area (Å²) in [5, 5.41) is 3.12. The summed E-state index contributed by atoms with van der Waals surface area (Å²) in [7, 11) is 3.36. The van der Waals surface area contributed by atoms with Crippen LogP contribution in [0.15, 0.2) is 60.7 Å². The number of methoxy groups -OCH3 is 1. The molecule has 1 saturated heterocycles. The third-order valence-corrected chi connectivity index (χ3v) is 7.40. The maximum atomic E-state index is 12.7. The third kappa shape index (κ3) is 7.50. The Morgan fingerprint density at radius 2 is 1.73 bits per heavy atom. The van der Waals surface area contributed by atoms with Crippen LogP contribution >= 0.6 is 0 Å². The van der Waals surface area contributed by atoms with Gasteiger partial charge >= 0.3 is 135 Å². The van der Waals surface area contributed by atoms with Gasteiger partial charge in [0.25, 0.3) is 0 Å². The molecule has 0 aliphatic carbocycles. The van der Waals surface area contributed by atoms with E-state index in [1.807, 2.05) is 43.4 Å². The van der Waals surface area contributed by atoms with Crippen LogP contribution in [0.2, 0.25) is 0 Å². The number of nitrogens with zero attached hydrogens (tertiary/aromatic N) is 1. The number of likely N-dealkylation sites (N-methyl/N-ethyl adjacent to an activating group) is 1. The number of esters is 1. The number of carbonyl (C=O) groups is 2. The quantitative estimate of drug-likeness (QED) is 0.408. The minimum atomic E-state index is -0.401. The van der Waals surface area contributed by atoms with Gasteiger partial charge in [-0.25, -0.2) is 0 Å². The topological polar surface area (TPSA) is 58.6 Å². The van der Waals surface area contributed by atoms with Crippen LogP contribution < -0.4 is 5.32 Å². The second-order valence-electron chi connectivity index (χ2n) is 7.25. The van der Waals surface area contributed by atoms with Crippen molar-refractivity contribution in [1.82, 2.24) is 10.2 Å². The summed E-state index contributed by atoms with van der Waals surface area (Å²) in [6, 6.07) is 19.9. The summed E-state index contributed by atoms with van der Waals surface area (Å²) in [6.45, 7) is 1.72. The van der Waals surface area contributed by atoms with Crippen LogP contribution in [0.3, 0.4) is 0 Å². The first-order chi connectivity index (χ1) is 14.6. The van der Waals surface area contributed by atoms with Crippen molar-refractivity contribution in [3.63, 3.8) is 0 Å². The second-order valence-corrected chi connectivity index (χ2v) is 9.49. The monoisotopic (exact) mass is 603 g/mol. The third-order valence-electron chi connectivity index (χ3n) is 5.15. The zero-order valence-corrected chi connectivity index (χ0v) is 21.7. The van der Waals surface area contributed by atoms with Crippen molar-refractivity contribution >= 4 is 37.6 Å². The van der Waals surface area contributed by atoms with Gasteiger partial charge in [0, 0.05) is 0 Å². The van der Waals surface area contributed by atoms with Gasteiger partial charge in [-0.3, -0.25) is 0 Å². The molecular formula is C24H31N2O3Pb. The molecule has 3 rings (SSSR count). The molecule has 2 atom stereocenters. The van der Waals surface area contributed by atoms with Crippen molar-refractivity contribution < 1.29 is 14.3 Å². The molecule has 1 N–H and O–H groups in total. The van der Waals surface area contributed by atoms with Gasteiger partial charge < -0.3 is 5.32 Å². The molecule has 3 radical (unpaired) electrons. The van der Waals surface area contributed by atoms with E-state index >= 15 is 0 Å². The average Bonchev–Trinajstić information content (AvgIpc) is 2.83. The number of hydrogen-bond acceptors (Lipinski definition) is 4. The van der Waals surface area contributed by atoms with Gasteiger partial charge in [0.15, 0.2) is 0 Å². The predicted octanol–water partition coefficient (Wildman–Crippen LogP) is 2.90. The fourth-order valence-electron chi connectivity index (χ4n) is 3.44. The van der Waals surface area contributed by atoms with Crippen molar-refractivity contribution in [2.24, 2.45) is 0 Å². The van der Waals surface area contributed by atoms with Gasteiger partial charge in [-0.2, -0.15) is 0 Å². The van der Waals surface area contributed by atoms with E-state index in [4.69, 9.17) is 4.74 Å². The number of ether oxygens (including phenoxy) is 1. The van der Waals surface area contributed by atoms with Gasteiger partial charge in [0.05, 0.1) is 0 Å². The molecule has 1 amide bonds. The molecule has 1 aliphatic rings. The summed E-state index contributed by atoms with van der Waals surface area (Å²) >= 11 is 0.739. The summed E-state index contributed by atoms with van der Waals surface area (Å²) < 4.78 is 4.74. The molecule has 2 aromatic carbocycles. The van der Waals surface area contributed by atoms with Gasteiger partial charge in [-0.05, 0) is 25.6 Å². The molecule has 0 bridgehead atoms. The van der Waals surface area contributed by atoms with E-state index < -0.39 is 6.04 Å². The molecule has 2 unspecified atom stereocenters. The van der Waals surface area contributed by atoms with Crippen LogP contribution in [0.25, 0.3) is 0 Å². The Balaban J connectivity index is 0.000000269. The zero-order valence-electron chi connectivity index (χ0n) is 17.8. The molecular weight excluding hydrogens is 571 g/mol. The standard InChI is InChI=1S/C15H18NO3.C9H13N.Pb/c1-19-15(18)13-9-5-6-10-16(13)14(17)11-12-7-3-2-4-8-12;1-10-8-7-9-5-3-2-4-6-9;/h2-4,7-8,11,13H,5-6,9-10H2,1H3;2-6,10H,7-8H2,1H3;. The van der Waals surface area contributed by atoms with E-state index in [1.54, 1.807) is 4.90 Å². The number of carbonyl (C=O) groups excluding carboxylic acids is 2. The van der Waals surface area contributed by atoms with Crippen molar-refractivity contribution in [2.45, 2.75) is 35.2 Å². The SMILES string of the molecule is CNCCc1ccccc1.COC(=O)C1CCCCN1C(=O)[CH]([Pb])c1ccccc1. The van der Waals surface area contributed by atoms with Gasteiger partial charge in [-0.15, -0.1) is 0 Å². The molecule has 0 aromatic heterocycles. The Morgan fingerprint density at radius 3 is 2.33 bits per heavy atom. The van der Waals surface area contributed by atoms with E-state index in [0.717, 1.165) is 57.1 Å². The molecule has 1 heterocycles. The predicted molar refractivity (Wildman–Crippen MR) is 120 cm³/mol. The Bertz CT molecular complexity index is 771. The van der Waals surface area contributed by atoms with E-state index in [2.05, 4.69) is 29.6 Å². The number of piperidine rings is 1. The van der Waals surface area contributed by atoms with Crippen molar-refractivity contribution in [3.05, 3.63) is 71.8 Å².